The Bertz CT molecular complexity index is 390. The highest BCUT2D eigenvalue weighted by Gasteiger charge is 2.12. The molecule has 0 aliphatic rings. The van der Waals surface area contributed by atoms with Crippen LogP contribution in [0.15, 0.2) is 0 Å². The fraction of sp³-hybridized carbons (Fsp3) is 0.765. The van der Waals surface area contributed by atoms with Gasteiger partial charge in [0.25, 0.3) is 0 Å². The summed E-state index contributed by atoms with van der Waals surface area (Å²) >= 11 is 0. The average molecular weight is 277 g/mol. The molecule has 1 unspecified atom stereocenters. The first-order chi connectivity index (χ1) is 9.43. The number of aryl methyl sites for hydroxylation is 3. The molecule has 1 atom stereocenters. The number of unbranched alkanes of at least 4 members (excludes halogenated alkanes) is 1. The standard InChI is InChI=1S/C17H31N3/c1-7-8-9-17-19-14(5)16(15(6)20-17)10-13(4)11-18-12(2)3/h12-13,18H,7-11H2,1-6H3. The lowest BCUT2D eigenvalue weighted by Gasteiger charge is -2.17. The number of hydrogen-bond acceptors (Lipinski definition) is 3. The smallest absolute Gasteiger partial charge is 0.128 e. The van der Waals surface area contributed by atoms with Crippen LogP contribution in [0.2, 0.25) is 0 Å². The van der Waals surface area contributed by atoms with Crippen LogP contribution in [-0.2, 0) is 12.8 Å². The average Bonchev–Trinajstić information content (AvgIpc) is 2.38. The monoisotopic (exact) mass is 277 g/mol. The summed E-state index contributed by atoms with van der Waals surface area (Å²) in [6.45, 7) is 14.2. The van der Waals surface area contributed by atoms with E-state index in [2.05, 4.69) is 56.8 Å². The summed E-state index contributed by atoms with van der Waals surface area (Å²) in [5, 5.41) is 3.50. The molecule has 1 heterocycles. The number of nitrogens with one attached hydrogen (secondary N) is 1. The first-order valence-electron chi connectivity index (χ1n) is 8.00. The summed E-state index contributed by atoms with van der Waals surface area (Å²) in [5.41, 5.74) is 3.67. The molecule has 0 fully saturated rings. The van der Waals surface area contributed by atoms with Crippen molar-refractivity contribution in [1.29, 1.82) is 0 Å². The lowest BCUT2D eigenvalue weighted by Crippen LogP contribution is -2.29. The Balaban J connectivity index is 2.70. The summed E-state index contributed by atoms with van der Waals surface area (Å²) in [6.07, 6.45) is 4.43. The van der Waals surface area contributed by atoms with Gasteiger partial charge in [-0.15, -0.1) is 0 Å². The Hall–Kier alpha value is -0.960. The first kappa shape index (κ1) is 17.1. The molecule has 0 aliphatic heterocycles. The van der Waals surface area contributed by atoms with E-state index in [4.69, 9.17) is 0 Å². The zero-order chi connectivity index (χ0) is 15.1. The van der Waals surface area contributed by atoms with Crippen molar-refractivity contribution >= 4 is 0 Å². The molecule has 0 spiro atoms. The van der Waals surface area contributed by atoms with E-state index in [0.717, 1.165) is 25.2 Å². The van der Waals surface area contributed by atoms with Crippen molar-refractivity contribution in [3.63, 3.8) is 0 Å². The molecule has 0 radical (unpaired) electrons. The molecule has 0 aliphatic carbocycles. The van der Waals surface area contributed by atoms with Gasteiger partial charge in [-0.05, 0) is 44.7 Å². The molecule has 20 heavy (non-hydrogen) atoms. The predicted molar refractivity (Wildman–Crippen MR) is 86.1 cm³/mol. The lowest BCUT2D eigenvalue weighted by molar-refractivity contribution is 0.473. The van der Waals surface area contributed by atoms with E-state index in [9.17, 15) is 0 Å². The van der Waals surface area contributed by atoms with Gasteiger partial charge in [0.1, 0.15) is 5.82 Å². The van der Waals surface area contributed by atoms with Crippen LogP contribution in [0.25, 0.3) is 0 Å². The summed E-state index contributed by atoms with van der Waals surface area (Å²) in [6, 6.07) is 0.548. The van der Waals surface area contributed by atoms with E-state index in [-0.39, 0.29) is 0 Å². The third kappa shape index (κ3) is 5.58. The van der Waals surface area contributed by atoms with Crippen molar-refractivity contribution in [2.75, 3.05) is 6.54 Å². The molecular weight excluding hydrogens is 246 g/mol. The quantitative estimate of drug-likeness (QED) is 0.788. The first-order valence-corrected chi connectivity index (χ1v) is 8.00. The van der Waals surface area contributed by atoms with Crippen molar-refractivity contribution in [2.45, 2.75) is 73.3 Å². The molecule has 1 aromatic rings. The summed E-state index contributed by atoms with van der Waals surface area (Å²) in [7, 11) is 0. The Kier molecular flexibility index (Phi) is 7.14. The third-order valence-corrected chi connectivity index (χ3v) is 3.65. The van der Waals surface area contributed by atoms with Crippen molar-refractivity contribution < 1.29 is 0 Å². The molecule has 114 valence electrons. The third-order valence-electron chi connectivity index (χ3n) is 3.65. The zero-order valence-corrected chi connectivity index (χ0v) is 14.1. The second-order valence-corrected chi connectivity index (χ2v) is 6.27. The highest BCUT2D eigenvalue weighted by Crippen LogP contribution is 2.16. The van der Waals surface area contributed by atoms with Gasteiger partial charge in [-0.2, -0.15) is 0 Å². The van der Waals surface area contributed by atoms with Crippen LogP contribution >= 0.6 is 0 Å². The van der Waals surface area contributed by atoms with Crippen LogP contribution in [0.3, 0.4) is 0 Å². The topological polar surface area (TPSA) is 37.8 Å². The van der Waals surface area contributed by atoms with E-state index < -0.39 is 0 Å². The minimum absolute atomic E-state index is 0.548. The Labute approximate surface area is 124 Å². The number of hydrogen-bond donors (Lipinski definition) is 1. The van der Waals surface area contributed by atoms with Crippen LogP contribution in [0.4, 0.5) is 0 Å². The van der Waals surface area contributed by atoms with Crippen molar-refractivity contribution in [3.05, 3.63) is 22.8 Å². The molecule has 0 aromatic carbocycles. The molecule has 1 aromatic heterocycles. The van der Waals surface area contributed by atoms with E-state index in [1.165, 1.54) is 29.8 Å². The molecule has 0 bridgehead atoms. The Morgan fingerprint density at radius 3 is 2.15 bits per heavy atom. The maximum atomic E-state index is 4.69. The van der Waals surface area contributed by atoms with Gasteiger partial charge >= 0.3 is 0 Å². The van der Waals surface area contributed by atoms with Gasteiger partial charge in [0.15, 0.2) is 0 Å². The Morgan fingerprint density at radius 1 is 1.05 bits per heavy atom. The van der Waals surface area contributed by atoms with E-state index in [0.29, 0.717) is 12.0 Å². The van der Waals surface area contributed by atoms with Crippen LogP contribution < -0.4 is 5.32 Å². The van der Waals surface area contributed by atoms with Gasteiger partial charge in [-0.3, -0.25) is 0 Å². The molecule has 3 nitrogen and oxygen atoms in total. The van der Waals surface area contributed by atoms with Crippen LogP contribution in [0, 0.1) is 19.8 Å². The van der Waals surface area contributed by atoms with Crippen molar-refractivity contribution in [2.24, 2.45) is 5.92 Å². The second kappa shape index (κ2) is 8.35. The number of nitrogens with zero attached hydrogens (tertiary/aromatic N) is 2. The molecule has 1 N–H and O–H groups in total. The maximum Gasteiger partial charge on any atom is 0.128 e. The molecular formula is C17H31N3. The van der Waals surface area contributed by atoms with Gasteiger partial charge in [0.05, 0.1) is 0 Å². The predicted octanol–water partition coefficient (Wildman–Crippen LogP) is 3.61. The van der Waals surface area contributed by atoms with Gasteiger partial charge < -0.3 is 5.32 Å². The highest BCUT2D eigenvalue weighted by molar-refractivity contribution is 5.25. The van der Waals surface area contributed by atoms with Crippen LogP contribution in [-0.4, -0.2) is 22.6 Å². The van der Waals surface area contributed by atoms with Gasteiger partial charge in [-0.1, -0.05) is 34.1 Å². The summed E-state index contributed by atoms with van der Waals surface area (Å²) in [4.78, 5) is 9.38. The van der Waals surface area contributed by atoms with Gasteiger partial charge in [-0.25, -0.2) is 9.97 Å². The molecule has 3 heteroatoms. The molecule has 0 saturated heterocycles. The van der Waals surface area contributed by atoms with E-state index in [1.54, 1.807) is 0 Å². The fourth-order valence-corrected chi connectivity index (χ4v) is 2.41. The minimum atomic E-state index is 0.548. The minimum Gasteiger partial charge on any atom is -0.314 e. The molecule has 0 saturated carbocycles. The number of rotatable bonds is 8. The SMILES string of the molecule is CCCCc1nc(C)c(CC(C)CNC(C)C)c(C)n1. The van der Waals surface area contributed by atoms with E-state index >= 15 is 0 Å². The number of aromatic nitrogens is 2. The van der Waals surface area contributed by atoms with Crippen molar-refractivity contribution in [3.8, 4) is 0 Å². The normalized spacial score (nSPS) is 12.9. The van der Waals surface area contributed by atoms with E-state index in [1.807, 2.05) is 0 Å². The van der Waals surface area contributed by atoms with Crippen molar-refractivity contribution in [1.82, 2.24) is 15.3 Å². The van der Waals surface area contributed by atoms with Gasteiger partial charge in [0, 0.05) is 23.9 Å². The maximum absolute atomic E-state index is 4.69. The zero-order valence-electron chi connectivity index (χ0n) is 14.1. The summed E-state index contributed by atoms with van der Waals surface area (Å²) < 4.78 is 0. The lowest BCUT2D eigenvalue weighted by atomic mass is 9.98. The van der Waals surface area contributed by atoms with Crippen LogP contribution in [0.1, 0.15) is 63.3 Å². The second-order valence-electron chi connectivity index (χ2n) is 6.27. The molecule has 0 amide bonds. The molecule has 1 rings (SSSR count). The fourth-order valence-electron chi connectivity index (χ4n) is 2.41. The highest BCUT2D eigenvalue weighted by atomic mass is 14.9. The Morgan fingerprint density at radius 2 is 1.65 bits per heavy atom. The largest absolute Gasteiger partial charge is 0.314 e. The van der Waals surface area contributed by atoms with Crippen LogP contribution in [0.5, 0.6) is 0 Å². The summed E-state index contributed by atoms with van der Waals surface area (Å²) in [5.74, 6) is 1.62. The van der Waals surface area contributed by atoms with Gasteiger partial charge in [0.2, 0.25) is 0 Å².